The first kappa shape index (κ1) is 19.7. The zero-order valence-electron chi connectivity index (χ0n) is 16.5. The van der Waals surface area contributed by atoms with E-state index in [1.54, 1.807) is 62.2 Å². The number of aromatic nitrogens is 4. The molecule has 1 aromatic heterocycles. The number of hydrogen-bond donors (Lipinski definition) is 2. The van der Waals surface area contributed by atoms with Gasteiger partial charge >= 0.3 is 0 Å². The number of nitrogens with one attached hydrogen (secondary N) is 2. The summed E-state index contributed by atoms with van der Waals surface area (Å²) < 4.78 is 12.4. The Kier molecular flexibility index (Phi) is 5.28. The second kappa shape index (κ2) is 8.03. The Morgan fingerprint density at radius 2 is 1.93 bits per heavy atom. The third-order valence-electron chi connectivity index (χ3n) is 4.80. The van der Waals surface area contributed by atoms with Crippen molar-refractivity contribution >= 4 is 29.1 Å². The molecule has 9 nitrogen and oxygen atoms in total. The molecule has 10 heteroatoms. The van der Waals surface area contributed by atoms with Gasteiger partial charge < -0.3 is 20.1 Å². The maximum atomic E-state index is 13.3. The number of benzene rings is 2. The number of methoxy groups -OCH3 is 2. The quantitative estimate of drug-likeness (QED) is 0.645. The van der Waals surface area contributed by atoms with Crippen LogP contribution in [-0.4, -0.2) is 40.3 Å². The first-order chi connectivity index (χ1) is 14.5. The Balaban J connectivity index is 1.79. The van der Waals surface area contributed by atoms with Gasteiger partial charge in [-0.1, -0.05) is 16.7 Å². The Morgan fingerprint density at radius 1 is 1.17 bits per heavy atom. The van der Waals surface area contributed by atoms with Crippen LogP contribution in [0.25, 0.3) is 0 Å². The summed E-state index contributed by atoms with van der Waals surface area (Å²) in [5, 5.41) is 18.4. The van der Waals surface area contributed by atoms with Crippen LogP contribution in [0.3, 0.4) is 0 Å². The molecule has 1 aliphatic heterocycles. The van der Waals surface area contributed by atoms with Gasteiger partial charge in [-0.05, 0) is 53.7 Å². The van der Waals surface area contributed by atoms with Gasteiger partial charge in [-0.2, -0.15) is 4.68 Å². The fourth-order valence-corrected chi connectivity index (χ4v) is 3.50. The molecule has 1 amide bonds. The summed E-state index contributed by atoms with van der Waals surface area (Å²) in [5.74, 6) is 1.31. The zero-order chi connectivity index (χ0) is 21.3. The average Bonchev–Trinajstić information content (AvgIpc) is 3.21. The van der Waals surface area contributed by atoms with Crippen LogP contribution in [0.15, 0.2) is 53.7 Å². The van der Waals surface area contributed by atoms with Crippen LogP contribution in [-0.2, 0) is 4.79 Å². The minimum absolute atomic E-state index is 0.300. The molecule has 0 spiro atoms. The Bertz CT molecular complexity index is 1130. The molecule has 0 unspecified atom stereocenters. The van der Waals surface area contributed by atoms with Crippen LogP contribution in [0.2, 0.25) is 5.02 Å². The summed E-state index contributed by atoms with van der Waals surface area (Å²) in [7, 11) is 3.14. The van der Waals surface area contributed by atoms with Crippen molar-refractivity contribution in [3.05, 3.63) is 64.3 Å². The normalized spacial score (nSPS) is 15.3. The number of hydrogen-bond acceptors (Lipinski definition) is 7. The van der Waals surface area contributed by atoms with E-state index in [0.717, 1.165) is 0 Å². The standard InChI is InChI=1S/C20H19ClN6O3/c1-11-17(19(28)23-13-6-4-12(21)5-7-13)18(27-20(22-11)24-25-26-27)15-9-8-14(29-2)10-16(15)30-3/h4-10,18H,1-3H3,(H,23,28)(H,22,24,26)/t18-/m1/s1. The third kappa shape index (κ3) is 3.55. The SMILES string of the molecule is COc1ccc([C@@H]2C(C(=O)Nc3ccc(Cl)cc3)=C(C)Nc3nnnn32)c(OC)c1. The summed E-state index contributed by atoms with van der Waals surface area (Å²) in [5.41, 5.74) is 2.42. The minimum Gasteiger partial charge on any atom is -0.497 e. The number of nitrogens with zero attached hydrogens (tertiary/aromatic N) is 4. The van der Waals surface area contributed by atoms with Gasteiger partial charge in [0.25, 0.3) is 5.91 Å². The molecule has 0 bridgehead atoms. The summed E-state index contributed by atoms with van der Waals surface area (Å²) in [6, 6.07) is 11.7. The lowest BCUT2D eigenvalue weighted by Gasteiger charge is -2.29. The highest BCUT2D eigenvalue weighted by molar-refractivity contribution is 6.30. The van der Waals surface area contributed by atoms with Crippen molar-refractivity contribution in [2.75, 3.05) is 24.9 Å². The number of allylic oxidation sites excluding steroid dienone is 1. The van der Waals surface area contributed by atoms with Crippen LogP contribution >= 0.6 is 11.6 Å². The molecule has 0 saturated carbocycles. The number of carbonyl (C=O) groups is 1. The van der Waals surface area contributed by atoms with Crippen LogP contribution in [0.5, 0.6) is 11.5 Å². The molecule has 0 radical (unpaired) electrons. The molecular formula is C20H19ClN6O3. The fourth-order valence-electron chi connectivity index (χ4n) is 3.37. The summed E-state index contributed by atoms with van der Waals surface area (Å²) in [6.45, 7) is 1.80. The van der Waals surface area contributed by atoms with E-state index in [4.69, 9.17) is 21.1 Å². The van der Waals surface area contributed by atoms with E-state index in [1.807, 2.05) is 6.07 Å². The lowest BCUT2D eigenvalue weighted by molar-refractivity contribution is -0.113. The molecule has 30 heavy (non-hydrogen) atoms. The molecule has 1 aliphatic rings. The molecule has 0 saturated heterocycles. The molecule has 2 heterocycles. The highest BCUT2D eigenvalue weighted by Gasteiger charge is 2.35. The minimum atomic E-state index is -0.607. The maximum absolute atomic E-state index is 13.3. The van der Waals surface area contributed by atoms with Crippen molar-refractivity contribution in [3.8, 4) is 11.5 Å². The summed E-state index contributed by atoms with van der Waals surface area (Å²) >= 11 is 5.94. The van der Waals surface area contributed by atoms with Gasteiger partial charge in [-0.3, -0.25) is 4.79 Å². The number of amides is 1. The molecule has 4 rings (SSSR count). The number of halogens is 1. The van der Waals surface area contributed by atoms with E-state index in [1.165, 1.54) is 0 Å². The van der Waals surface area contributed by atoms with Gasteiger partial charge in [-0.15, -0.1) is 0 Å². The molecular weight excluding hydrogens is 408 g/mol. The number of carbonyl (C=O) groups excluding carboxylic acids is 1. The predicted octanol–water partition coefficient (Wildman–Crippen LogP) is 3.27. The Labute approximate surface area is 177 Å². The smallest absolute Gasteiger partial charge is 0.255 e. The third-order valence-corrected chi connectivity index (χ3v) is 5.05. The summed E-state index contributed by atoms with van der Waals surface area (Å²) in [6.07, 6.45) is 0. The van der Waals surface area contributed by atoms with Crippen molar-refractivity contribution < 1.29 is 14.3 Å². The van der Waals surface area contributed by atoms with Gasteiger partial charge in [0.1, 0.15) is 17.5 Å². The van der Waals surface area contributed by atoms with Crippen LogP contribution < -0.4 is 20.1 Å². The van der Waals surface area contributed by atoms with Crippen molar-refractivity contribution in [3.63, 3.8) is 0 Å². The monoisotopic (exact) mass is 426 g/mol. The van der Waals surface area contributed by atoms with E-state index in [2.05, 4.69) is 26.2 Å². The Hall–Kier alpha value is -3.59. The highest BCUT2D eigenvalue weighted by Crippen LogP contribution is 2.40. The van der Waals surface area contributed by atoms with Crippen molar-refractivity contribution in [1.82, 2.24) is 20.2 Å². The first-order valence-electron chi connectivity index (χ1n) is 9.06. The average molecular weight is 427 g/mol. The predicted molar refractivity (Wildman–Crippen MR) is 112 cm³/mol. The number of tetrazole rings is 1. The van der Waals surface area contributed by atoms with Crippen LogP contribution in [0.4, 0.5) is 11.6 Å². The number of fused-ring (bicyclic) bond motifs is 1. The zero-order valence-corrected chi connectivity index (χ0v) is 17.3. The second-order valence-electron chi connectivity index (χ2n) is 6.58. The van der Waals surface area contributed by atoms with Gasteiger partial charge in [0.05, 0.1) is 19.8 Å². The van der Waals surface area contributed by atoms with Crippen molar-refractivity contribution in [2.45, 2.75) is 13.0 Å². The Morgan fingerprint density at radius 3 is 2.63 bits per heavy atom. The summed E-state index contributed by atoms with van der Waals surface area (Å²) in [4.78, 5) is 13.3. The molecule has 2 aromatic carbocycles. The van der Waals surface area contributed by atoms with Gasteiger partial charge in [0.2, 0.25) is 5.95 Å². The molecule has 0 fully saturated rings. The molecule has 1 atom stereocenters. The number of rotatable bonds is 5. The highest BCUT2D eigenvalue weighted by atomic mass is 35.5. The lowest BCUT2D eigenvalue weighted by Crippen LogP contribution is -2.31. The first-order valence-corrected chi connectivity index (χ1v) is 9.44. The number of anilines is 2. The molecule has 0 aliphatic carbocycles. The second-order valence-corrected chi connectivity index (χ2v) is 7.02. The van der Waals surface area contributed by atoms with Crippen LogP contribution in [0.1, 0.15) is 18.5 Å². The van der Waals surface area contributed by atoms with Gasteiger partial charge in [0, 0.05) is 28.0 Å². The van der Waals surface area contributed by atoms with Gasteiger partial charge in [-0.25, -0.2) is 0 Å². The largest absolute Gasteiger partial charge is 0.497 e. The molecule has 154 valence electrons. The maximum Gasteiger partial charge on any atom is 0.255 e. The van der Waals surface area contributed by atoms with Gasteiger partial charge in [0.15, 0.2) is 0 Å². The van der Waals surface area contributed by atoms with E-state index in [0.29, 0.717) is 45.0 Å². The van der Waals surface area contributed by atoms with Crippen molar-refractivity contribution in [1.29, 1.82) is 0 Å². The molecule has 2 N–H and O–H groups in total. The van der Waals surface area contributed by atoms with E-state index < -0.39 is 6.04 Å². The van der Waals surface area contributed by atoms with Crippen molar-refractivity contribution in [2.24, 2.45) is 0 Å². The van der Waals surface area contributed by atoms with E-state index in [9.17, 15) is 4.79 Å². The lowest BCUT2D eigenvalue weighted by atomic mass is 9.94. The van der Waals surface area contributed by atoms with E-state index >= 15 is 0 Å². The van der Waals surface area contributed by atoms with E-state index in [-0.39, 0.29) is 5.91 Å². The number of ether oxygens (including phenoxy) is 2. The topological polar surface area (TPSA) is 103 Å². The molecule has 3 aromatic rings. The van der Waals surface area contributed by atoms with Crippen LogP contribution in [0, 0.1) is 0 Å². The fraction of sp³-hybridized carbons (Fsp3) is 0.200.